The van der Waals surface area contributed by atoms with Gasteiger partial charge in [-0.25, -0.2) is 4.98 Å². The van der Waals surface area contributed by atoms with Crippen LogP contribution in [-0.2, 0) is 0 Å². The first-order valence-corrected chi connectivity index (χ1v) is 6.42. The summed E-state index contributed by atoms with van der Waals surface area (Å²) in [6.45, 7) is 4.35. The molecule has 15 heavy (non-hydrogen) atoms. The molecule has 0 amide bonds. The van der Waals surface area contributed by atoms with Crippen LogP contribution in [-0.4, -0.2) is 11.0 Å². The third-order valence-electron chi connectivity index (χ3n) is 2.28. The molecular weight excluding hydrogens is 275 g/mol. The monoisotopic (exact) mass is 290 g/mol. The molecule has 1 heterocycles. The molecule has 0 aliphatic rings. The van der Waals surface area contributed by atoms with Crippen LogP contribution >= 0.6 is 27.5 Å². The van der Waals surface area contributed by atoms with Gasteiger partial charge in [-0.1, -0.05) is 31.9 Å². The lowest BCUT2D eigenvalue weighted by molar-refractivity contribution is 0.620. The Balaban J connectivity index is 2.70. The number of nitrogens with one attached hydrogen (secondary N) is 1. The van der Waals surface area contributed by atoms with Gasteiger partial charge in [0.1, 0.15) is 5.82 Å². The molecule has 1 unspecified atom stereocenters. The summed E-state index contributed by atoms with van der Waals surface area (Å²) in [5, 5.41) is 4.03. The summed E-state index contributed by atoms with van der Waals surface area (Å²) < 4.78 is 0.904. The third-order valence-corrected chi connectivity index (χ3v) is 3.00. The van der Waals surface area contributed by atoms with Gasteiger partial charge >= 0.3 is 0 Å². The zero-order valence-corrected chi connectivity index (χ0v) is 11.4. The van der Waals surface area contributed by atoms with E-state index in [1.54, 1.807) is 6.20 Å². The number of hydrogen-bond donors (Lipinski definition) is 1. The summed E-state index contributed by atoms with van der Waals surface area (Å²) in [4.78, 5) is 4.26. The minimum Gasteiger partial charge on any atom is -0.366 e. The van der Waals surface area contributed by atoms with Crippen LogP contribution in [0.2, 0.25) is 5.02 Å². The zero-order valence-electron chi connectivity index (χ0n) is 9.06. The van der Waals surface area contributed by atoms with Gasteiger partial charge in [0.15, 0.2) is 0 Å². The molecule has 1 atom stereocenters. The number of pyridine rings is 1. The highest BCUT2D eigenvalue weighted by Crippen LogP contribution is 2.24. The highest BCUT2D eigenvalue weighted by Gasteiger charge is 2.08. The highest BCUT2D eigenvalue weighted by molar-refractivity contribution is 9.10. The molecule has 84 valence electrons. The normalized spacial score (nSPS) is 12.5. The summed E-state index contributed by atoms with van der Waals surface area (Å²) in [5.41, 5.74) is 0. The number of aromatic nitrogens is 1. The average molecular weight is 292 g/mol. The lowest BCUT2D eigenvalue weighted by Crippen LogP contribution is -2.18. The van der Waals surface area contributed by atoms with E-state index >= 15 is 0 Å². The molecule has 0 aliphatic carbocycles. The van der Waals surface area contributed by atoms with E-state index < -0.39 is 0 Å². The van der Waals surface area contributed by atoms with Crippen molar-refractivity contribution in [2.75, 3.05) is 5.32 Å². The SMILES string of the molecule is CCCC(CC)Nc1ncc(Br)cc1Cl. The van der Waals surface area contributed by atoms with E-state index in [1.807, 2.05) is 6.07 Å². The Morgan fingerprint density at radius 1 is 1.53 bits per heavy atom. The standard InChI is InChI=1S/C11H16BrClN2/c1-3-5-9(4-2)15-11-10(13)6-8(12)7-14-11/h6-7,9H,3-5H2,1-2H3,(H,14,15). The van der Waals surface area contributed by atoms with Gasteiger partial charge in [-0.3, -0.25) is 0 Å². The molecule has 0 spiro atoms. The molecule has 1 N–H and O–H groups in total. The number of anilines is 1. The lowest BCUT2D eigenvalue weighted by atomic mass is 10.1. The minimum atomic E-state index is 0.459. The van der Waals surface area contributed by atoms with Crippen LogP contribution in [0.5, 0.6) is 0 Å². The molecular formula is C11H16BrClN2. The Kier molecular flexibility index (Phi) is 5.40. The number of halogens is 2. The predicted molar refractivity (Wildman–Crippen MR) is 69.6 cm³/mol. The van der Waals surface area contributed by atoms with Crippen LogP contribution in [0.25, 0.3) is 0 Å². The van der Waals surface area contributed by atoms with Crippen LogP contribution in [0.3, 0.4) is 0 Å². The predicted octanol–water partition coefficient (Wildman–Crippen LogP) is 4.49. The van der Waals surface area contributed by atoms with Crippen molar-refractivity contribution in [3.05, 3.63) is 21.8 Å². The summed E-state index contributed by atoms with van der Waals surface area (Å²) in [5.74, 6) is 0.778. The van der Waals surface area contributed by atoms with Crippen molar-refractivity contribution in [2.45, 2.75) is 39.2 Å². The number of nitrogens with zero attached hydrogens (tertiary/aromatic N) is 1. The van der Waals surface area contributed by atoms with Gasteiger partial charge in [0.2, 0.25) is 0 Å². The van der Waals surface area contributed by atoms with E-state index in [4.69, 9.17) is 11.6 Å². The van der Waals surface area contributed by atoms with Gasteiger partial charge in [0.25, 0.3) is 0 Å². The van der Waals surface area contributed by atoms with Crippen LogP contribution < -0.4 is 5.32 Å². The largest absolute Gasteiger partial charge is 0.366 e. The van der Waals surface area contributed by atoms with Crippen molar-refractivity contribution >= 4 is 33.3 Å². The molecule has 1 aromatic rings. The van der Waals surface area contributed by atoms with Gasteiger partial charge < -0.3 is 5.32 Å². The molecule has 2 nitrogen and oxygen atoms in total. The molecule has 0 aliphatic heterocycles. The average Bonchev–Trinajstić information content (AvgIpc) is 2.21. The van der Waals surface area contributed by atoms with Crippen LogP contribution in [0.1, 0.15) is 33.1 Å². The zero-order chi connectivity index (χ0) is 11.3. The van der Waals surface area contributed by atoms with Gasteiger partial charge in [-0.05, 0) is 34.8 Å². The van der Waals surface area contributed by atoms with Crippen molar-refractivity contribution in [3.63, 3.8) is 0 Å². The topological polar surface area (TPSA) is 24.9 Å². The van der Waals surface area contributed by atoms with Crippen molar-refractivity contribution in [1.82, 2.24) is 4.98 Å². The first-order chi connectivity index (χ1) is 7.17. The number of rotatable bonds is 5. The fourth-order valence-electron chi connectivity index (χ4n) is 1.44. The van der Waals surface area contributed by atoms with Crippen molar-refractivity contribution in [1.29, 1.82) is 0 Å². The summed E-state index contributed by atoms with van der Waals surface area (Å²) in [6, 6.07) is 2.32. The van der Waals surface area contributed by atoms with E-state index in [2.05, 4.69) is 40.1 Å². The van der Waals surface area contributed by atoms with E-state index in [-0.39, 0.29) is 0 Å². The maximum atomic E-state index is 6.08. The number of hydrogen-bond acceptors (Lipinski definition) is 2. The van der Waals surface area contributed by atoms with Gasteiger partial charge in [0, 0.05) is 16.7 Å². The van der Waals surface area contributed by atoms with E-state index in [9.17, 15) is 0 Å². The van der Waals surface area contributed by atoms with Crippen molar-refractivity contribution < 1.29 is 0 Å². The Morgan fingerprint density at radius 3 is 2.80 bits per heavy atom. The van der Waals surface area contributed by atoms with E-state index in [0.29, 0.717) is 11.1 Å². The Bertz CT molecular complexity index is 317. The molecule has 0 radical (unpaired) electrons. The molecule has 0 aromatic carbocycles. The molecule has 0 bridgehead atoms. The van der Waals surface area contributed by atoms with Crippen molar-refractivity contribution in [2.24, 2.45) is 0 Å². The Labute approximate surface area is 105 Å². The fraction of sp³-hybridized carbons (Fsp3) is 0.545. The van der Waals surface area contributed by atoms with Gasteiger partial charge in [0.05, 0.1) is 5.02 Å². The molecule has 0 saturated heterocycles. The Morgan fingerprint density at radius 2 is 2.27 bits per heavy atom. The highest BCUT2D eigenvalue weighted by atomic mass is 79.9. The van der Waals surface area contributed by atoms with Crippen LogP contribution in [0, 0.1) is 0 Å². The maximum Gasteiger partial charge on any atom is 0.145 e. The van der Waals surface area contributed by atoms with Crippen LogP contribution in [0.15, 0.2) is 16.7 Å². The van der Waals surface area contributed by atoms with E-state index in [0.717, 1.165) is 23.1 Å². The summed E-state index contributed by atoms with van der Waals surface area (Å²) in [6.07, 6.45) is 5.15. The molecule has 0 saturated carbocycles. The lowest BCUT2D eigenvalue weighted by Gasteiger charge is -2.17. The maximum absolute atomic E-state index is 6.08. The van der Waals surface area contributed by atoms with Gasteiger partial charge in [-0.2, -0.15) is 0 Å². The second-order valence-electron chi connectivity index (χ2n) is 3.52. The van der Waals surface area contributed by atoms with Crippen molar-refractivity contribution in [3.8, 4) is 0 Å². The first kappa shape index (κ1) is 12.8. The summed E-state index contributed by atoms with van der Waals surface area (Å²) in [7, 11) is 0. The second kappa shape index (κ2) is 6.33. The van der Waals surface area contributed by atoms with E-state index in [1.165, 1.54) is 6.42 Å². The smallest absolute Gasteiger partial charge is 0.145 e. The van der Waals surface area contributed by atoms with Gasteiger partial charge in [-0.15, -0.1) is 0 Å². The first-order valence-electron chi connectivity index (χ1n) is 5.25. The third kappa shape index (κ3) is 3.99. The molecule has 4 heteroatoms. The summed E-state index contributed by atoms with van der Waals surface area (Å²) >= 11 is 9.41. The molecule has 1 rings (SSSR count). The Hall–Kier alpha value is -0.280. The quantitative estimate of drug-likeness (QED) is 0.864. The molecule has 0 fully saturated rings. The second-order valence-corrected chi connectivity index (χ2v) is 4.85. The minimum absolute atomic E-state index is 0.459. The fourth-order valence-corrected chi connectivity index (χ4v) is 2.12. The molecule has 1 aromatic heterocycles. The van der Waals surface area contributed by atoms with Crippen LogP contribution in [0.4, 0.5) is 5.82 Å².